The van der Waals surface area contributed by atoms with Gasteiger partial charge in [-0.15, -0.1) is 0 Å². The summed E-state index contributed by atoms with van der Waals surface area (Å²) in [6, 6.07) is 13.4. The third kappa shape index (κ3) is 3.15. The van der Waals surface area contributed by atoms with Crippen LogP contribution in [0.4, 0.5) is 10.5 Å². The molecular formula is C22H25N3O3. The van der Waals surface area contributed by atoms with Crippen molar-refractivity contribution in [3.63, 3.8) is 0 Å². The quantitative estimate of drug-likeness (QED) is 0.724. The first kappa shape index (κ1) is 18.2. The fraction of sp³-hybridized carbons (Fsp3) is 0.318. The van der Waals surface area contributed by atoms with Gasteiger partial charge in [0.2, 0.25) is 0 Å². The zero-order chi connectivity index (χ0) is 19.7. The molecule has 2 aromatic carbocycles. The molecule has 1 aliphatic rings. The van der Waals surface area contributed by atoms with Gasteiger partial charge < -0.3 is 24.7 Å². The largest absolute Gasteiger partial charge is 0.497 e. The Balaban J connectivity index is 1.66. The van der Waals surface area contributed by atoms with Crippen molar-refractivity contribution in [3.8, 4) is 22.8 Å². The molecule has 0 unspecified atom stereocenters. The van der Waals surface area contributed by atoms with E-state index >= 15 is 0 Å². The van der Waals surface area contributed by atoms with Crippen LogP contribution >= 0.6 is 0 Å². The van der Waals surface area contributed by atoms with Gasteiger partial charge in [0.05, 0.1) is 24.0 Å². The highest BCUT2D eigenvalue weighted by atomic mass is 16.6. The number of nitrogens with zero attached hydrogens (tertiary/aromatic N) is 2. The molecule has 2 heterocycles. The number of carbonyl (C=O) groups is 1. The fourth-order valence-electron chi connectivity index (χ4n) is 3.87. The van der Waals surface area contributed by atoms with Crippen molar-refractivity contribution < 1.29 is 14.3 Å². The molecule has 4 rings (SSSR count). The van der Waals surface area contributed by atoms with Gasteiger partial charge in [-0.05, 0) is 56.2 Å². The summed E-state index contributed by atoms with van der Waals surface area (Å²) in [6.45, 7) is 4.41. The Kier molecular flexibility index (Phi) is 4.86. The predicted molar refractivity (Wildman–Crippen MR) is 111 cm³/mol. The fourth-order valence-corrected chi connectivity index (χ4v) is 3.87. The van der Waals surface area contributed by atoms with E-state index in [2.05, 4.69) is 11.5 Å². The smallest absolute Gasteiger partial charge is 0.415 e. The van der Waals surface area contributed by atoms with E-state index in [0.29, 0.717) is 5.75 Å². The van der Waals surface area contributed by atoms with Crippen LogP contribution in [0.2, 0.25) is 0 Å². The molecule has 0 radical (unpaired) electrons. The Morgan fingerprint density at radius 2 is 1.75 bits per heavy atom. The lowest BCUT2D eigenvalue weighted by molar-refractivity contribution is 0.163. The number of amides is 1. The topological polar surface area (TPSA) is 69.7 Å². The average Bonchev–Trinajstić information content (AvgIpc) is 3.35. The number of fused-ring (bicyclic) bond motifs is 1. The van der Waals surface area contributed by atoms with Gasteiger partial charge in [-0.1, -0.05) is 0 Å². The molecule has 146 valence electrons. The maximum atomic E-state index is 12.2. The average molecular weight is 379 g/mol. The van der Waals surface area contributed by atoms with Crippen molar-refractivity contribution in [1.29, 1.82) is 0 Å². The van der Waals surface area contributed by atoms with E-state index in [1.165, 1.54) is 0 Å². The van der Waals surface area contributed by atoms with Crippen LogP contribution in [0.25, 0.3) is 22.2 Å². The second-order valence-corrected chi connectivity index (χ2v) is 6.98. The molecule has 28 heavy (non-hydrogen) atoms. The number of ether oxygens (including phenoxy) is 2. The third-order valence-electron chi connectivity index (χ3n) is 5.32. The van der Waals surface area contributed by atoms with Crippen molar-refractivity contribution in [3.05, 3.63) is 42.5 Å². The number of carbonyl (C=O) groups excluding carboxylic acids is 1. The minimum atomic E-state index is -0.278. The van der Waals surface area contributed by atoms with Crippen LogP contribution in [-0.4, -0.2) is 35.8 Å². The second kappa shape index (κ2) is 7.46. The standard InChI is InChI=1S/C22H25N3O3/c1-3-25-19-14-17(27-2)10-11-18(19)20(23)21(25)15-6-8-16(9-7-15)28-22(26)24-12-4-5-13-24/h6-11,14H,3-5,12-13,23H2,1-2H3. The SMILES string of the molecule is CCn1c(-c2ccc(OC(=O)N3CCCC3)cc2)c(N)c2ccc(OC)cc21. The van der Waals surface area contributed by atoms with Crippen molar-refractivity contribution >= 4 is 22.7 Å². The Hall–Kier alpha value is -3.15. The highest BCUT2D eigenvalue weighted by Crippen LogP contribution is 2.38. The number of rotatable bonds is 4. The second-order valence-electron chi connectivity index (χ2n) is 6.98. The molecule has 0 saturated carbocycles. The van der Waals surface area contributed by atoms with Crippen LogP contribution < -0.4 is 15.2 Å². The normalized spacial score (nSPS) is 13.9. The number of nitrogens with two attached hydrogens (primary N) is 1. The Bertz CT molecular complexity index is 1000. The summed E-state index contributed by atoms with van der Waals surface area (Å²) in [5, 5.41) is 1.00. The summed E-state index contributed by atoms with van der Waals surface area (Å²) in [4.78, 5) is 13.9. The minimum absolute atomic E-state index is 0.278. The van der Waals surface area contributed by atoms with Crippen molar-refractivity contribution in [2.75, 3.05) is 25.9 Å². The summed E-state index contributed by atoms with van der Waals surface area (Å²) in [6.07, 6.45) is 1.80. The van der Waals surface area contributed by atoms with Crippen molar-refractivity contribution in [2.45, 2.75) is 26.3 Å². The van der Waals surface area contributed by atoms with Gasteiger partial charge in [0.25, 0.3) is 0 Å². The number of methoxy groups -OCH3 is 1. The molecule has 6 nitrogen and oxygen atoms in total. The van der Waals surface area contributed by atoms with E-state index < -0.39 is 0 Å². The van der Waals surface area contributed by atoms with Crippen molar-refractivity contribution in [1.82, 2.24) is 9.47 Å². The Labute approximate surface area is 164 Å². The van der Waals surface area contributed by atoms with E-state index in [0.717, 1.165) is 66.1 Å². The van der Waals surface area contributed by atoms with Crippen LogP contribution in [-0.2, 0) is 6.54 Å². The van der Waals surface area contributed by atoms with Crippen LogP contribution in [0.5, 0.6) is 11.5 Å². The first-order valence-electron chi connectivity index (χ1n) is 9.65. The molecule has 2 N–H and O–H groups in total. The van der Waals surface area contributed by atoms with Gasteiger partial charge in [-0.25, -0.2) is 4.79 Å². The van der Waals surface area contributed by atoms with Crippen LogP contribution in [0.15, 0.2) is 42.5 Å². The van der Waals surface area contributed by atoms with Gasteiger partial charge in [0.1, 0.15) is 11.5 Å². The summed E-state index contributed by atoms with van der Waals surface area (Å²) >= 11 is 0. The zero-order valence-corrected chi connectivity index (χ0v) is 16.3. The molecule has 3 aromatic rings. The molecule has 1 aromatic heterocycles. The molecule has 0 spiro atoms. The summed E-state index contributed by atoms with van der Waals surface area (Å²) in [5.41, 5.74) is 10.2. The van der Waals surface area contributed by atoms with E-state index in [9.17, 15) is 4.79 Å². The van der Waals surface area contributed by atoms with Crippen molar-refractivity contribution in [2.24, 2.45) is 0 Å². The molecular weight excluding hydrogens is 354 g/mol. The maximum absolute atomic E-state index is 12.2. The zero-order valence-electron chi connectivity index (χ0n) is 16.3. The molecule has 0 aliphatic carbocycles. The molecule has 0 atom stereocenters. The number of nitrogen functional groups attached to an aromatic ring is 1. The molecule has 6 heteroatoms. The molecule has 1 saturated heterocycles. The van der Waals surface area contributed by atoms with E-state index in [-0.39, 0.29) is 6.09 Å². The van der Waals surface area contributed by atoms with Crippen LogP contribution in [0, 0.1) is 0 Å². The first-order valence-corrected chi connectivity index (χ1v) is 9.65. The Morgan fingerprint density at radius 1 is 1.07 bits per heavy atom. The lowest BCUT2D eigenvalue weighted by Crippen LogP contribution is -2.30. The number of aromatic nitrogens is 1. The van der Waals surface area contributed by atoms with Gasteiger partial charge >= 0.3 is 6.09 Å². The summed E-state index contributed by atoms with van der Waals surface area (Å²) in [7, 11) is 1.66. The number of anilines is 1. The van der Waals surface area contributed by atoms with Gasteiger partial charge in [0, 0.05) is 36.7 Å². The lowest BCUT2D eigenvalue weighted by Gasteiger charge is -2.15. The number of hydrogen-bond acceptors (Lipinski definition) is 4. The van der Waals surface area contributed by atoms with Gasteiger partial charge in [0.15, 0.2) is 0 Å². The van der Waals surface area contributed by atoms with Gasteiger partial charge in [-0.2, -0.15) is 0 Å². The first-order chi connectivity index (χ1) is 13.6. The number of aryl methyl sites for hydroxylation is 1. The molecule has 0 bridgehead atoms. The van der Waals surface area contributed by atoms with Crippen LogP contribution in [0.3, 0.4) is 0 Å². The molecule has 1 amide bonds. The number of benzene rings is 2. The van der Waals surface area contributed by atoms with E-state index in [1.54, 1.807) is 12.0 Å². The summed E-state index contributed by atoms with van der Waals surface area (Å²) in [5.74, 6) is 1.34. The monoisotopic (exact) mass is 379 g/mol. The maximum Gasteiger partial charge on any atom is 0.415 e. The van der Waals surface area contributed by atoms with E-state index in [1.807, 2.05) is 42.5 Å². The predicted octanol–water partition coefficient (Wildman–Crippen LogP) is 4.51. The highest BCUT2D eigenvalue weighted by Gasteiger charge is 2.20. The third-order valence-corrected chi connectivity index (χ3v) is 5.32. The van der Waals surface area contributed by atoms with E-state index in [4.69, 9.17) is 15.2 Å². The summed E-state index contributed by atoms with van der Waals surface area (Å²) < 4.78 is 13.0. The number of hydrogen-bond donors (Lipinski definition) is 1. The van der Waals surface area contributed by atoms with Gasteiger partial charge in [-0.3, -0.25) is 0 Å². The minimum Gasteiger partial charge on any atom is -0.497 e. The number of likely N-dealkylation sites (tertiary alicyclic amines) is 1. The Morgan fingerprint density at radius 3 is 2.39 bits per heavy atom. The lowest BCUT2D eigenvalue weighted by atomic mass is 10.1. The van der Waals surface area contributed by atoms with Crippen LogP contribution in [0.1, 0.15) is 19.8 Å². The molecule has 1 aliphatic heterocycles. The molecule has 1 fully saturated rings. The highest BCUT2D eigenvalue weighted by molar-refractivity contribution is 6.01.